The standard InChI is InChI=1S/C16H15ClFNO4S/c1-23-16(20)12-5-6-13(15(18)8-12)10-19(24(21)22)9-11-3-2-4-14(17)7-11/h2-8,24H,9-10H2,1H3. The number of carbonyl (C=O) groups excluding carboxylic acids is 1. The Hall–Kier alpha value is -1.96. The Kier molecular flexibility index (Phi) is 6.30. The van der Waals surface area contributed by atoms with Crippen molar-refractivity contribution in [1.82, 2.24) is 4.31 Å². The van der Waals surface area contributed by atoms with E-state index < -0.39 is 22.7 Å². The van der Waals surface area contributed by atoms with Crippen molar-refractivity contribution >= 4 is 28.5 Å². The summed E-state index contributed by atoms with van der Waals surface area (Å²) in [5.41, 5.74) is 0.906. The zero-order valence-corrected chi connectivity index (χ0v) is 14.4. The summed E-state index contributed by atoms with van der Waals surface area (Å²) in [5.74, 6) is -1.34. The second-order valence-corrected chi connectivity index (χ2v) is 6.47. The average Bonchev–Trinajstić information content (AvgIpc) is 2.55. The number of hydrogen-bond acceptors (Lipinski definition) is 4. The number of ether oxygens (including phenoxy) is 1. The van der Waals surface area contributed by atoms with Crippen molar-refractivity contribution in [3.63, 3.8) is 0 Å². The van der Waals surface area contributed by atoms with Crippen LogP contribution in [0.15, 0.2) is 42.5 Å². The summed E-state index contributed by atoms with van der Waals surface area (Å²) in [5, 5.41) is 0.488. The fourth-order valence-corrected chi connectivity index (χ4v) is 2.89. The van der Waals surface area contributed by atoms with Crippen molar-refractivity contribution in [3.8, 4) is 0 Å². The summed E-state index contributed by atoms with van der Waals surface area (Å²) in [6.45, 7) is -0.0873. The van der Waals surface area contributed by atoms with E-state index in [4.69, 9.17) is 11.6 Å². The van der Waals surface area contributed by atoms with Gasteiger partial charge in [-0.3, -0.25) is 0 Å². The summed E-state index contributed by atoms with van der Waals surface area (Å²) in [6, 6.07) is 10.5. The smallest absolute Gasteiger partial charge is 0.337 e. The van der Waals surface area contributed by atoms with Gasteiger partial charge in [0.15, 0.2) is 0 Å². The SMILES string of the molecule is COC(=O)c1ccc(CN(Cc2cccc(Cl)c2)[SH](=O)=O)c(F)c1. The maximum atomic E-state index is 14.1. The second-order valence-electron chi connectivity index (χ2n) is 4.99. The van der Waals surface area contributed by atoms with E-state index in [0.29, 0.717) is 10.6 Å². The molecule has 8 heteroatoms. The van der Waals surface area contributed by atoms with Gasteiger partial charge in [0.25, 0.3) is 0 Å². The van der Waals surface area contributed by atoms with Crippen LogP contribution in [0.1, 0.15) is 21.5 Å². The first kappa shape index (κ1) is 18.4. The molecular formula is C16H15ClFNO4S. The Bertz CT molecular complexity index is 817. The lowest BCUT2D eigenvalue weighted by Gasteiger charge is -2.16. The fourth-order valence-electron chi connectivity index (χ4n) is 2.13. The normalized spacial score (nSPS) is 11.0. The molecule has 0 saturated heterocycles. The molecule has 0 unspecified atom stereocenters. The summed E-state index contributed by atoms with van der Waals surface area (Å²) in [4.78, 5) is 11.4. The van der Waals surface area contributed by atoms with Gasteiger partial charge in [-0.25, -0.2) is 17.6 Å². The van der Waals surface area contributed by atoms with E-state index in [-0.39, 0.29) is 24.2 Å². The number of halogens is 2. The lowest BCUT2D eigenvalue weighted by atomic mass is 10.1. The van der Waals surface area contributed by atoms with Crippen LogP contribution in [0.4, 0.5) is 4.39 Å². The summed E-state index contributed by atoms with van der Waals surface area (Å²) < 4.78 is 42.6. The number of methoxy groups -OCH3 is 1. The van der Waals surface area contributed by atoms with Crippen molar-refractivity contribution in [2.24, 2.45) is 0 Å². The van der Waals surface area contributed by atoms with E-state index in [1.807, 2.05) is 0 Å². The van der Waals surface area contributed by atoms with Gasteiger partial charge in [-0.05, 0) is 29.8 Å². The number of hydrogen-bond donors (Lipinski definition) is 1. The monoisotopic (exact) mass is 371 g/mol. The first-order valence-electron chi connectivity index (χ1n) is 6.91. The molecule has 0 amide bonds. The van der Waals surface area contributed by atoms with Crippen molar-refractivity contribution in [2.75, 3.05) is 7.11 Å². The van der Waals surface area contributed by atoms with Gasteiger partial charge in [0.05, 0.1) is 12.7 Å². The highest BCUT2D eigenvalue weighted by molar-refractivity contribution is 7.69. The number of rotatable bonds is 6. The molecule has 2 aromatic carbocycles. The highest BCUT2D eigenvalue weighted by atomic mass is 35.5. The van der Waals surface area contributed by atoms with Gasteiger partial charge in [-0.1, -0.05) is 29.8 Å². The highest BCUT2D eigenvalue weighted by Crippen LogP contribution is 2.17. The van der Waals surface area contributed by atoms with Gasteiger partial charge in [0.2, 0.25) is 10.9 Å². The molecule has 0 radical (unpaired) electrons. The predicted octanol–water partition coefficient (Wildman–Crippen LogP) is 2.79. The third-order valence-electron chi connectivity index (χ3n) is 3.31. The molecule has 2 aromatic rings. The van der Waals surface area contributed by atoms with Crippen LogP contribution in [0.5, 0.6) is 0 Å². The van der Waals surface area contributed by atoms with Gasteiger partial charge in [0, 0.05) is 23.7 Å². The molecule has 0 aliphatic carbocycles. The summed E-state index contributed by atoms with van der Waals surface area (Å²) in [7, 11) is -1.73. The quantitative estimate of drug-likeness (QED) is 0.626. The number of thiol groups is 1. The van der Waals surface area contributed by atoms with E-state index in [1.165, 1.54) is 19.2 Å². The third kappa shape index (κ3) is 4.77. The molecule has 0 aliphatic heterocycles. The van der Waals surface area contributed by atoms with E-state index in [1.54, 1.807) is 24.3 Å². The Morgan fingerprint density at radius 2 is 1.96 bits per heavy atom. The van der Waals surface area contributed by atoms with E-state index in [2.05, 4.69) is 4.74 Å². The molecule has 128 valence electrons. The second kappa shape index (κ2) is 8.23. The van der Waals surface area contributed by atoms with Crippen LogP contribution in [-0.4, -0.2) is 25.8 Å². The van der Waals surface area contributed by atoms with Crippen LogP contribution in [0.2, 0.25) is 5.02 Å². The molecule has 0 fully saturated rings. The van der Waals surface area contributed by atoms with Crippen molar-refractivity contribution in [2.45, 2.75) is 13.1 Å². The molecule has 0 heterocycles. The molecule has 2 rings (SSSR count). The van der Waals surface area contributed by atoms with E-state index >= 15 is 0 Å². The average molecular weight is 372 g/mol. The largest absolute Gasteiger partial charge is 0.465 e. The van der Waals surface area contributed by atoms with Crippen LogP contribution >= 0.6 is 11.6 Å². The number of esters is 1. The molecule has 5 nitrogen and oxygen atoms in total. The minimum Gasteiger partial charge on any atom is -0.465 e. The van der Waals surface area contributed by atoms with Crippen molar-refractivity contribution in [3.05, 3.63) is 70.0 Å². The Labute approximate surface area is 145 Å². The van der Waals surface area contributed by atoms with E-state index in [0.717, 1.165) is 10.4 Å². The Morgan fingerprint density at radius 3 is 2.54 bits per heavy atom. The van der Waals surface area contributed by atoms with Crippen LogP contribution < -0.4 is 0 Å². The van der Waals surface area contributed by atoms with Gasteiger partial charge >= 0.3 is 5.97 Å². The zero-order chi connectivity index (χ0) is 17.7. The van der Waals surface area contributed by atoms with Crippen LogP contribution in [0, 0.1) is 5.82 Å². The number of nitrogens with zero attached hydrogens (tertiary/aromatic N) is 1. The van der Waals surface area contributed by atoms with Crippen molar-refractivity contribution < 1.29 is 22.3 Å². The van der Waals surface area contributed by atoms with Crippen molar-refractivity contribution in [1.29, 1.82) is 0 Å². The molecule has 0 N–H and O–H groups in total. The maximum Gasteiger partial charge on any atom is 0.337 e. The maximum absolute atomic E-state index is 14.1. The lowest BCUT2D eigenvalue weighted by molar-refractivity contribution is 0.0600. The molecule has 24 heavy (non-hydrogen) atoms. The fraction of sp³-hybridized carbons (Fsp3) is 0.188. The first-order chi connectivity index (χ1) is 11.4. The van der Waals surface area contributed by atoms with Gasteiger partial charge in [-0.15, -0.1) is 0 Å². The molecule has 0 spiro atoms. The summed E-state index contributed by atoms with van der Waals surface area (Å²) >= 11 is 5.88. The first-order valence-corrected chi connectivity index (χ1v) is 8.42. The Balaban J connectivity index is 2.20. The minimum atomic E-state index is -2.92. The molecule has 0 atom stereocenters. The zero-order valence-electron chi connectivity index (χ0n) is 12.7. The van der Waals surface area contributed by atoms with Gasteiger partial charge < -0.3 is 4.74 Å². The molecule has 0 bridgehead atoms. The van der Waals surface area contributed by atoms with E-state index in [9.17, 15) is 17.6 Å². The minimum absolute atomic E-state index is 0.0617. The number of carbonyl (C=O) groups is 1. The van der Waals surface area contributed by atoms with Crippen LogP contribution in [0.3, 0.4) is 0 Å². The molecule has 0 aliphatic rings. The molecular weight excluding hydrogens is 357 g/mol. The topological polar surface area (TPSA) is 63.7 Å². The summed E-state index contributed by atoms with van der Waals surface area (Å²) in [6.07, 6.45) is 0. The Morgan fingerprint density at radius 1 is 1.21 bits per heavy atom. The third-order valence-corrected chi connectivity index (χ3v) is 4.29. The highest BCUT2D eigenvalue weighted by Gasteiger charge is 2.15. The number of benzene rings is 2. The molecule has 0 saturated carbocycles. The van der Waals surface area contributed by atoms with Crippen LogP contribution in [0.25, 0.3) is 0 Å². The lowest BCUT2D eigenvalue weighted by Crippen LogP contribution is -2.21. The van der Waals surface area contributed by atoms with Crippen LogP contribution in [-0.2, 0) is 28.7 Å². The predicted molar refractivity (Wildman–Crippen MR) is 88.8 cm³/mol. The van der Waals surface area contributed by atoms with Gasteiger partial charge in [-0.2, -0.15) is 4.31 Å². The molecule has 0 aromatic heterocycles. The van der Waals surface area contributed by atoms with Gasteiger partial charge in [0.1, 0.15) is 5.82 Å².